The molecular formula is C18H28ClN3O3. The van der Waals surface area contributed by atoms with Crippen LogP contribution in [-0.4, -0.2) is 90.5 Å². The van der Waals surface area contributed by atoms with Crippen LogP contribution in [0.1, 0.15) is 12.0 Å². The van der Waals surface area contributed by atoms with Crippen LogP contribution in [0.15, 0.2) is 12.1 Å². The number of likely N-dealkylation sites (N-methyl/N-ethyl adjacent to an activating group) is 1. The Morgan fingerprint density at radius 3 is 2.56 bits per heavy atom. The van der Waals surface area contributed by atoms with Crippen LogP contribution in [0.5, 0.6) is 11.5 Å². The van der Waals surface area contributed by atoms with Crippen molar-refractivity contribution in [3.8, 4) is 11.5 Å². The van der Waals surface area contributed by atoms with Gasteiger partial charge in [-0.3, -0.25) is 9.80 Å². The van der Waals surface area contributed by atoms with Gasteiger partial charge in [0.2, 0.25) is 0 Å². The van der Waals surface area contributed by atoms with Gasteiger partial charge in [-0.1, -0.05) is 11.6 Å². The molecule has 0 unspecified atom stereocenters. The van der Waals surface area contributed by atoms with E-state index in [-0.39, 0.29) is 17.9 Å². The van der Waals surface area contributed by atoms with Crippen LogP contribution in [0.3, 0.4) is 0 Å². The van der Waals surface area contributed by atoms with E-state index in [9.17, 15) is 10.2 Å². The van der Waals surface area contributed by atoms with Crippen LogP contribution in [-0.2, 0) is 6.54 Å². The zero-order valence-electron chi connectivity index (χ0n) is 15.0. The van der Waals surface area contributed by atoms with Crippen LogP contribution in [0.4, 0.5) is 0 Å². The third kappa shape index (κ3) is 4.38. The number of hydrogen-bond acceptors (Lipinski definition) is 6. The first-order valence-corrected chi connectivity index (χ1v) is 9.24. The zero-order chi connectivity index (χ0) is 18.0. The molecule has 0 bridgehead atoms. The highest BCUT2D eigenvalue weighted by Crippen LogP contribution is 2.35. The van der Waals surface area contributed by atoms with Crippen LogP contribution >= 0.6 is 11.6 Å². The Kier molecular flexibility index (Phi) is 6.07. The molecule has 0 spiro atoms. The van der Waals surface area contributed by atoms with Crippen LogP contribution < -0.4 is 4.74 Å². The zero-order valence-corrected chi connectivity index (χ0v) is 15.7. The number of aromatic hydroxyl groups is 1. The van der Waals surface area contributed by atoms with Gasteiger partial charge in [0.05, 0.1) is 18.2 Å². The Balaban J connectivity index is 1.59. The standard InChI is InChI=1S/C18H28ClN3O3/c1-20-5-7-22(8-6-20)15-3-4-21(12-16(15)23)11-13-9-14(19)18(24)17(10-13)25-2/h9-10,15-16,23-24H,3-8,11-12H2,1-2H3/t15-,16-/m1/s1. The van der Waals surface area contributed by atoms with Gasteiger partial charge < -0.3 is 19.8 Å². The molecule has 0 aliphatic carbocycles. The van der Waals surface area contributed by atoms with E-state index in [1.54, 1.807) is 12.1 Å². The molecule has 140 valence electrons. The molecule has 2 aliphatic heterocycles. The third-order valence-corrected chi connectivity index (χ3v) is 5.64. The van der Waals surface area contributed by atoms with Crippen molar-refractivity contribution >= 4 is 11.6 Å². The first-order chi connectivity index (χ1) is 12.0. The van der Waals surface area contributed by atoms with Crippen molar-refractivity contribution in [2.75, 3.05) is 53.4 Å². The number of β-amino-alcohol motifs (C(OH)–C–C–N with tert-alkyl or cyclic N) is 1. The number of rotatable bonds is 4. The molecule has 2 heterocycles. The molecule has 25 heavy (non-hydrogen) atoms. The minimum atomic E-state index is -0.341. The highest BCUT2D eigenvalue weighted by Gasteiger charge is 2.33. The summed E-state index contributed by atoms with van der Waals surface area (Å²) in [5, 5.41) is 20.8. The van der Waals surface area contributed by atoms with Crippen molar-refractivity contribution in [3.05, 3.63) is 22.7 Å². The number of phenols is 1. The van der Waals surface area contributed by atoms with Crippen molar-refractivity contribution in [1.82, 2.24) is 14.7 Å². The molecule has 2 N–H and O–H groups in total. The van der Waals surface area contributed by atoms with E-state index in [1.165, 1.54) is 7.11 Å². The second-order valence-corrected chi connectivity index (χ2v) is 7.53. The number of piperidine rings is 1. The minimum absolute atomic E-state index is 0.0262. The number of ether oxygens (including phenoxy) is 1. The summed E-state index contributed by atoms with van der Waals surface area (Å²) in [6.45, 7) is 6.47. The van der Waals surface area contributed by atoms with E-state index >= 15 is 0 Å². The summed E-state index contributed by atoms with van der Waals surface area (Å²) in [7, 11) is 3.66. The molecule has 0 saturated carbocycles. The van der Waals surface area contributed by atoms with E-state index in [1.807, 2.05) is 0 Å². The van der Waals surface area contributed by atoms with Crippen molar-refractivity contribution in [2.45, 2.75) is 25.1 Å². The molecule has 2 saturated heterocycles. The Labute approximate surface area is 154 Å². The number of phenolic OH excluding ortho intramolecular Hbond substituents is 1. The van der Waals surface area contributed by atoms with Gasteiger partial charge in [0, 0.05) is 51.9 Å². The van der Waals surface area contributed by atoms with Crippen molar-refractivity contribution in [2.24, 2.45) is 0 Å². The lowest BCUT2D eigenvalue weighted by Crippen LogP contribution is -2.58. The smallest absolute Gasteiger partial charge is 0.176 e. The third-order valence-electron chi connectivity index (χ3n) is 5.35. The molecule has 0 amide bonds. The Hall–Kier alpha value is -1.05. The number of methoxy groups -OCH3 is 1. The second-order valence-electron chi connectivity index (χ2n) is 7.13. The number of piperazine rings is 1. The molecule has 7 heteroatoms. The SMILES string of the molecule is COc1cc(CN2CC[C@@H](N3CCN(C)CC3)[C@H](O)C2)cc(Cl)c1O. The molecule has 2 aliphatic rings. The van der Waals surface area contributed by atoms with Gasteiger partial charge in [0.1, 0.15) is 0 Å². The highest BCUT2D eigenvalue weighted by atomic mass is 35.5. The van der Waals surface area contributed by atoms with E-state index in [2.05, 4.69) is 21.7 Å². The average Bonchev–Trinajstić information content (AvgIpc) is 2.59. The van der Waals surface area contributed by atoms with Gasteiger partial charge in [-0.15, -0.1) is 0 Å². The number of benzene rings is 1. The number of aliphatic hydroxyl groups is 1. The molecular weight excluding hydrogens is 342 g/mol. The van der Waals surface area contributed by atoms with E-state index in [4.69, 9.17) is 16.3 Å². The van der Waals surface area contributed by atoms with Gasteiger partial charge in [-0.05, 0) is 31.2 Å². The molecule has 1 aromatic rings. The fourth-order valence-electron chi connectivity index (χ4n) is 3.84. The maximum Gasteiger partial charge on any atom is 0.176 e. The number of likely N-dealkylation sites (tertiary alicyclic amines) is 1. The van der Waals surface area contributed by atoms with Crippen LogP contribution in [0.2, 0.25) is 5.02 Å². The highest BCUT2D eigenvalue weighted by molar-refractivity contribution is 6.32. The number of hydrogen-bond donors (Lipinski definition) is 2. The molecule has 3 rings (SSSR count). The number of aliphatic hydroxyl groups excluding tert-OH is 1. The van der Waals surface area contributed by atoms with E-state index in [0.717, 1.165) is 44.7 Å². The normalized spacial score (nSPS) is 26.7. The fourth-order valence-corrected chi connectivity index (χ4v) is 4.07. The summed E-state index contributed by atoms with van der Waals surface area (Å²) in [6.07, 6.45) is 0.625. The van der Waals surface area contributed by atoms with E-state index in [0.29, 0.717) is 23.9 Å². The summed E-state index contributed by atoms with van der Waals surface area (Å²) >= 11 is 6.07. The largest absolute Gasteiger partial charge is 0.503 e. The first-order valence-electron chi connectivity index (χ1n) is 8.86. The number of halogens is 1. The lowest BCUT2D eigenvalue weighted by molar-refractivity contribution is -0.0286. The Morgan fingerprint density at radius 1 is 1.20 bits per heavy atom. The molecule has 2 atom stereocenters. The van der Waals surface area contributed by atoms with Gasteiger partial charge in [-0.2, -0.15) is 0 Å². The lowest BCUT2D eigenvalue weighted by Gasteiger charge is -2.44. The average molecular weight is 370 g/mol. The topological polar surface area (TPSA) is 59.4 Å². The van der Waals surface area contributed by atoms with Crippen molar-refractivity contribution in [3.63, 3.8) is 0 Å². The second kappa shape index (κ2) is 8.10. The maximum atomic E-state index is 10.6. The first kappa shape index (κ1) is 18.7. The molecule has 1 aromatic carbocycles. The minimum Gasteiger partial charge on any atom is -0.503 e. The maximum absolute atomic E-state index is 10.6. The summed E-state index contributed by atoms with van der Waals surface area (Å²) < 4.78 is 5.17. The summed E-state index contributed by atoms with van der Waals surface area (Å²) in [6, 6.07) is 3.82. The predicted molar refractivity (Wildman–Crippen MR) is 98.4 cm³/mol. The van der Waals surface area contributed by atoms with Crippen LogP contribution in [0, 0.1) is 0 Å². The van der Waals surface area contributed by atoms with Gasteiger partial charge in [0.25, 0.3) is 0 Å². The summed E-state index contributed by atoms with van der Waals surface area (Å²) in [4.78, 5) is 7.00. The predicted octanol–water partition coefficient (Wildman–Crippen LogP) is 1.24. The molecule has 6 nitrogen and oxygen atoms in total. The van der Waals surface area contributed by atoms with Crippen LogP contribution in [0.25, 0.3) is 0 Å². The summed E-state index contributed by atoms with van der Waals surface area (Å²) in [5.41, 5.74) is 0.977. The Bertz CT molecular complexity index is 593. The molecule has 2 fully saturated rings. The summed E-state index contributed by atoms with van der Waals surface area (Å²) in [5.74, 6) is 0.358. The van der Waals surface area contributed by atoms with E-state index < -0.39 is 0 Å². The Morgan fingerprint density at radius 2 is 1.92 bits per heavy atom. The van der Waals surface area contributed by atoms with Crippen molar-refractivity contribution < 1.29 is 14.9 Å². The van der Waals surface area contributed by atoms with Gasteiger partial charge in [0.15, 0.2) is 11.5 Å². The van der Waals surface area contributed by atoms with Gasteiger partial charge >= 0.3 is 0 Å². The number of nitrogens with zero attached hydrogens (tertiary/aromatic N) is 3. The lowest BCUT2D eigenvalue weighted by atomic mass is 9.98. The molecule has 0 aromatic heterocycles. The monoisotopic (exact) mass is 369 g/mol. The quantitative estimate of drug-likeness (QED) is 0.832. The van der Waals surface area contributed by atoms with Crippen molar-refractivity contribution in [1.29, 1.82) is 0 Å². The fraction of sp³-hybridized carbons (Fsp3) is 0.667. The van der Waals surface area contributed by atoms with Gasteiger partial charge in [-0.25, -0.2) is 0 Å². The molecule has 0 radical (unpaired) electrons.